The number of fused-ring (bicyclic) bond motifs is 15. The van der Waals surface area contributed by atoms with Gasteiger partial charge >= 0.3 is 0 Å². The molecule has 78 heavy (non-hydrogen) atoms. The highest BCUT2D eigenvalue weighted by atomic mass is 32.2. The normalized spacial score (nSPS) is 12.9. The van der Waals surface area contributed by atoms with Gasteiger partial charge in [-0.2, -0.15) is 0 Å². The number of para-hydroxylation sites is 4. The molecule has 2 aromatic heterocycles. The highest BCUT2D eigenvalue weighted by Crippen LogP contribution is 2.63. The molecule has 0 radical (unpaired) electrons. The Morgan fingerprint density at radius 3 is 1.46 bits per heavy atom. The highest BCUT2D eigenvalue weighted by molar-refractivity contribution is 7.99. The SMILES string of the molecule is c1ccc(N(c2ccccc2)c2cc(-c3ccc4c(c3)oc3ccccc34)cc(N(c3cccc(-c4ccc5oc6ccccc6c5c4)c3)c3ccc4c(c3)-c3ccccc3C43c4ccccc4Sc4ccccc43)c2)cc1. The fraction of sp³-hybridized carbons (Fsp3) is 0.0137. The fourth-order valence-corrected chi connectivity index (χ4v) is 13.9. The molecule has 4 nitrogen and oxygen atoms in total. The van der Waals surface area contributed by atoms with Crippen molar-refractivity contribution < 1.29 is 8.83 Å². The third-order valence-corrected chi connectivity index (χ3v) is 17.2. The molecule has 1 aliphatic carbocycles. The average Bonchev–Trinajstić information content (AvgIpc) is 4.36. The Hall–Kier alpha value is -9.81. The van der Waals surface area contributed by atoms with E-state index in [1.165, 1.54) is 43.2 Å². The first-order valence-corrected chi connectivity index (χ1v) is 27.4. The molecule has 14 aromatic rings. The molecule has 0 bridgehead atoms. The van der Waals surface area contributed by atoms with Gasteiger partial charge < -0.3 is 18.6 Å². The maximum absolute atomic E-state index is 6.58. The van der Waals surface area contributed by atoms with Crippen molar-refractivity contribution in [2.24, 2.45) is 0 Å². The molecule has 0 fully saturated rings. The topological polar surface area (TPSA) is 32.8 Å². The Labute approximate surface area is 455 Å². The zero-order valence-corrected chi connectivity index (χ0v) is 43.0. The summed E-state index contributed by atoms with van der Waals surface area (Å²) in [4.78, 5) is 7.40. The minimum absolute atomic E-state index is 0.502. The van der Waals surface area contributed by atoms with Gasteiger partial charge in [-0.15, -0.1) is 0 Å². The molecule has 0 amide bonds. The number of benzene rings is 12. The summed E-state index contributed by atoms with van der Waals surface area (Å²) in [7, 11) is 0. The number of rotatable bonds is 8. The van der Waals surface area contributed by atoms with Crippen LogP contribution in [0.5, 0.6) is 0 Å². The van der Waals surface area contributed by atoms with E-state index in [1.807, 2.05) is 36.0 Å². The van der Waals surface area contributed by atoms with Gasteiger partial charge in [0.1, 0.15) is 22.3 Å². The van der Waals surface area contributed by atoms with Gasteiger partial charge in [-0.1, -0.05) is 176 Å². The van der Waals surface area contributed by atoms with Gasteiger partial charge in [0, 0.05) is 65.5 Å². The predicted octanol–water partition coefficient (Wildman–Crippen LogP) is 20.6. The van der Waals surface area contributed by atoms with Crippen molar-refractivity contribution in [2.45, 2.75) is 15.2 Å². The molecule has 0 saturated carbocycles. The number of hydrogen-bond donors (Lipinski definition) is 0. The molecule has 12 aromatic carbocycles. The van der Waals surface area contributed by atoms with Crippen LogP contribution in [0.3, 0.4) is 0 Å². The van der Waals surface area contributed by atoms with Crippen LogP contribution in [0.4, 0.5) is 34.1 Å². The summed E-state index contributed by atoms with van der Waals surface area (Å²) in [5, 5.41) is 4.41. The molecule has 1 spiro atoms. The quantitative estimate of drug-likeness (QED) is 0.151. The van der Waals surface area contributed by atoms with Gasteiger partial charge in [0.25, 0.3) is 0 Å². The van der Waals surface area contributed by atoms with E-state index in [4.69, 9.17) is 8.83 Å². The van der Waals surface area contributed by atoms with Crippen LogP contribution in [0.1, 0.15) is 22.3 Å². The van der Waals surface area contributed by atoms with Crippen molar-refractivity contribution in [2.75, 3.05) is 9.80 Å². The summed E-state index contributed by atoms with van der Waals surface area (Å²) < 4.78 is 12.9. The maximum atomic E-state index is 6.58. The van der Waals surface area contributed by atoms with Crippen molar-refractivity contribution in [3.05, 3.63) is 301 Å². The Morgan fingerprint density at radius 2 is 0.744 bits per heavy atom. The van der Waals surface area contributed by atoms with E-state index >= 15 is 0 Å². The predicted molar refractivity (Wildman–Crippen MR) is 323 cm³/mol. The van der Waals surface area contributed by atoms with Gasteiger partial charge in [0.15, 0.2) is 0 Å². The number of anilines is 6. The first kappa shape index (κ1) is 44.5. The summed E-state index contributed by atoms with van der Waals surface area (Å²) in [6.45, 7) is 0. The van der Waals surface area contributed by atoms with Crippen LogP contribution in [0.15, 0.2) is 298 Å². The molecule has 1 aliphatic heterocycles. The van der Waals surface area contributed by atoms with Gasteiger partial charge in [-0.25, -0.2) is 0 Å². The number of nitrogens with zero attached hydrogens (tertiary/aromatic N) is 2. The minimum Gasteiger partial charge on any atom is -0.456 e. The lowest BCUT2D eigenvalue weighted by molar-refractivity contribution is 0.668. The van der Waals surface area contributed by atoms with Crippen molar-refractivity contribution in [3.8, 4) is 33.4 Å². The lowest BCUT2D eigenvalue weighted by atomic mass is 9.67. The van der Waals surface area contributed by atoms with E-state index in [-0.39, 0.29) is 0 Å². The third-order valence-electron chi connectivity index (χ3n) is 16.1. The van der Waals surface area contributed by atoms with E-state index in [0.717, 1.165) is 100 Å². The molecular weight excluding hydrogens is 969 g/mol. The lowest BCUT2D eigenvalue weighted by Gasteiger charge is -2.39. The van der Waals surface area contributed by atoms with Crippen molar-refractivity contribution in [1.82, 2.24) is 0 Å². The Kier molecular flexibility index (Phi) is 10.1. The molecule has 5 heteroatoms. The van der Waals surface area contributed by atoms with E-state index < -0.39 is 5.41 Å². The summed E-state index contributed by atoms with van der Waals surface area (Å²) in [5.41, 5.74) is 21.2. The summed E-state index contributed by atoms with van der Waals surface area (Å²) >= 11 is 1.87. The van der Waals surface area contributed by atoms with Crippen LogP contribution in [0, 0.1) is 0 Å². The standard InChI is InChI=1S/C73H46N2O2S/c1-3-19-51(20-4-1)74(52-21-5-2-6-22-52)55-41-50(49-34-37-60-58-25-8-13-30-67(58)77-70(60)44-49)42-56(45-55)75(53-23-17-18-47(40-53)48-35-39-69-62(43-48)59-26-9-14-31-68(59)76-69)54-36-38-64-61(46-54)57-24-7-10-27-63(57)73(64)65-28-11-15-32-71(65)78-72-33-16-12-29-66(72)73/h1-46H. The van der Waals surface area contributed by atoms with Crippen LogP contribution in [-0.2, 0) is 5.41 Å². The first-order chi connectivity index (χ1) is 38.6. The van der Waals surface area contributed by atoms with E-state index in [0.29, 0.717) is 0 Å². The summed E-state index contributed by atoms with van der Waals surface area (Å²) in [6, 6.07) is 102. The Morgan fingerprint density at radius 1 is 0.256 bits per heavy atom. The largest absolute Gasteiger partial charge is 0.456 e. The van der Waals surface area contributed by atoms with Gasteiger partial charge in [-0.05, 0) is 171 Å². The average molecular weight is 1020 g/mol. The number of furan rings is 2. The summed E-state index contributed by atoms with van der Waals surface area (Å²) in [6.07, 6.45) is 0. The van der Waals surface area contributed by atoms with Gasteiger partial charge in [-0.3, -0.25) is 0 Å². The van der Waals surface area contributed by atoms with Gasteiger partial charge in [0.05, 0.1) is 5.41 Å². The van der Waals surface area contributed by atoms with Crippen molar-refractivity contribution in [1.29, 1.82) is 0 Å². The van der Waals surface area contributed by atoms with Crippen molar-refractivity contribution >= 4 is 89.8 Å². The van der Waals surface area contributed by atoms with Crippen LogP contribution in [0.25, 0.3) is 77.3 Å². The molecule has 16 rings (SSSR count). The lowest BCUT2D eigenvalue weighted by Crippen LogP contribution is -2.31. The molecule has 0 atom stereocenters. The Bertz CT molecular complexity index is 4600. The molecule has 2 aliphatic rings. The molecule has 3 heterocycles. The second-order valence-electron chi connectivity index (χ2n) is 20.4. The Balaban J connectivity index is 0.958. The molecule has 0 N–H and O–H groups in total. The monoisotopic (exact) mass is 1010 g/mol. The van der Waals surface area contributed by atoms with Crippen LogP contribution >= 0.6 is 11.8 Å². The second-order valence-corrected chi connectivity index (χ2v) is 21.5. The zero-order valence-electron chi connectivity index (χ0n) is 42.2. The fourth-order valence-electron chi connectivity index (χ4n) is 12.7. The van der Waals surface area contributed by atoms with Gasteiger partial charge in [0.2, 0.25) is 0 Å². The summed E-state index contributed by atoms with van der Waals surface area (Å²) in [5.74, 6) is 0. The van der Waals surface area contributed by atoms with Crippen LogP contribution in [0.2, 0.25) is 0 Å². The maximum Gasteiger partial charge on any atom is 0.136 e. The molecule has 366 valence electrons. The molecule has 0 unspecified atom stereocenters. The van der Waals surface area contributed by atoms with Crippen LogP contribution < -0.4 is 9.80 Å². The minimum atomic E-state index is -0.502. The molecular formula is C73H46N2O2S. The van der Waals surface area contributed by atoms with E-state index in [9.17, 15) is 0 Å². The third kappa shape index (κ3) is 6.88. The van der Waals surface area contributed by atoms with E-state index in [2.05, 4.69) is 265 Å². The zero-order chi connectivity index (χ0) is 51.3. The van der Waals surface area contributed by atoms with Crippen molar-refractivity contribution in [3.63, 3.8) is 0 Å². The smallest absolute Gasteiger partial charge is 0.136 e. The highest BCUT2D eigenvalue weighted by Gasteiger charge is 2.50. The molecule has 0 saturated heterocycles. The second kappa shape index (κ2) is 17.6. The first-order valence-electron chi connectivity index (χ1n) is 26.5. The number of hydrogen-bond acceptors (Lipinski definition) is 5. The van der Waals surface area contributed by atoms with E-state index in [1.54, 1.807) is 0 Å². The van der Waals surface area contributed by atoms with Crippen LogP contribution in [-0.4, -0.2) is 0 Å².